The van der Waals surface area contributed by atoms with Crippen molar-refractivity contribution in [1.82, 2.24) is 19.9 Å². The van der Waals surface area contributed by atoms with E-state index in [-0.39, 0.29) is 18.0 Å². The van der Waals surface area contributed by atoms with Crippen LogP contribution >= 0.6 is 0 Å². The molecule has 1 aromatic carbocycles. The third-order valence-electron chi connectivity index (χ3n) is 4.51. The second-order valence-electron chi connectivity index (χ2n) is 6.32. The van der Waals surface area contributed by atoms with E-state index >= 15 is 0 Å². The number of morpholine rings is 1. The van der Waals surface area contributed by atoms with Gasteiger partial charge in [0.15, 0.2) is 11.7 Å². The molecule has 1 fully saturated rings. The van der Waals surface area contributed by atoms with E-state index in [1.165, 1.54) is 12.1 Å². The summed E-state index contributed by atoms with van der Waals surface area (Å²) in [5.41, 5.74) is 8.43. The van der Waals surface area contributed by atoms with E-state index in [2.05, 4.69) is 19.9 Å². The first-order valence-corrected chi connectivity index (χ1v) is 8.79. The summed E-state index contributed by atoms with van der Waals surface area (Å²) < 4.78 is 24.7. The van der Waals surface area contributed by atoms with Crippen molar-refractivity contribution in [2.45, 2.75) is 13.2 Å². The summed E-state index contributed by atoms with van der Waals surface area (Å²) in [6, 6.07) is 9.79. The van der Waals surface area contributed by atoms with Gasteiger partial charge in [-0.05, 0) is 43.3 Å². The van der Waals surface area contributed by atoms with Crippen LogP contribution in [0.1, 0.15) is 6.92 Å². The van der Waals surface area contributed by atoms with Crippen LogP contribution < -0.4 is 10.5 Å². The largest absolute Gasteiger partial charge is 0.457 e. The topological polar surface area (TPSA) is 86.4 Å². The first-order chi connectivity index (χ1) is 13.1. The van der Waals surface area contributed by atoms with Gasteiger partial charge >= 0.3 is 0 Å². The Bertz CT molecular complexity index is 945. The number of hydrogen-bond donors (Lipinski definition) is 1. The van der Waals surface area contributed by atoms with Crippen molar-refractivity contribution in [3.63, 3.8) is 0 Å². The highest BCUT2D eigenvalue weighted by molar-refractivity contribution is 5.83. The average Bonchev–Trinajstić information content (AvgIpc) is 2.69. The summed E-state index contributed by atoms with van der Waals surface area (Å²) >= 11 is 0. The molecule has 1 atom stereocenters. The molecule has 1 aliphatic heterocycles. The van der Waals surface area contributed by atoms with Gasteiger partial charge in [0, 0.05) is 18.7 Å². The van der Waals surface area contributed by atoms with Gasteiger partial charge in [0.25, 0.3) is 0 Å². The fourth-order valence-corrected chi connectivity index (χ4v) is 3.05. The number of hydrogen-bond acceptors (Lipinski definition) is 7. The third kappa shape index (κ3) is 3.81. The number of nitrogens with two attached hydrogens (primary N) is 1. The van der Waals surface area contributed by atoms with Crippen molar-refractivity contribution < 1.29 is 13.9 Å². The van der Waals surface area contributed by atoms with Crippen LogP contribution in [0, 0.1) is 5.82 Å². The van der Waals surface area contributed by atoms with E-state index in [9.17, 15) is 4.39 Å². The highest BCUT2D eigenvalue weighted by Crippen LogP contribution is 2.27. The minimum atomic E-state index is -0.293. The maximum atomic E-state index is 13.2. The highest BCUT2D eigenvalue weighted by Gasteiger charge is 2.21. The van der Waals surface area contributed by atoms with Gasteiger partial charge in [0.2, 0.25) is 11.8 Å². The van der Waals surface area contributed by atoms with Crippen molar-refractivity contribution in [2.24, 2.45) is 0 Å². The maximum absolute atomic E-state index is 13.2. The van der Waals surface area contributed by atoms with Crippen LogP contribution in [0.15, 0.2) is 36.4 Å². The van der Waals surface area contributed by atoms with Gasteiger partial charge < -0.3 is 15.2 Å². The van der Waals surface area contributed by atoms with Crippen molar-refractivity contribution >= 4 is 17.0 Å². The van der Waals surface area contributed by atoms with E-state index in [1.807, 2.05) is 19.1 Å². The van der Waals surface area contributed by atoms with Gasteiger partial charge in [-0.25, -0.2) is 14.4 Å². The molecule has 1 aliphatic rings. The summed E-state index contributed by atoms with van der Waals surface area (Å²) in [6.45, 7) is 4.88. The highest BCUT2D eigenvalue weighted by atomic mass is 19.1. The number of halogens is 1. The number of fused-ring (bicyclic) bond motifs is 1. The van der Waals surface area contributed by atoms with Crippen LogP contribution in [0.25, 0.3) is 22.3 Å². The smallest absolute Gasteiger partial charge is 0.247 e. The Morgan fingerprint density at radius 2 is 1.81 bits per heavy atom. The maximum Gasteiger partial charge on any atom is 0.247 e. The first-order valence-electron chi connectivity index (χ1n) is 8.79. The molecule has 140 valence electrons. The number of pyridine rings is 1. The van der Waals surface area contributed by atoms with Gasteiger partial charge in [-0.1, -0.05) is 0 Å². The van der Waals surface area contributed by atoms with Gasteiger partial charge in [0.05, 0.1) is 24.4 Å². The predicted molar refractivity (Wildman–Crippen MR) is 99.6 cm³/mol. The number of aromatic nitrogens is 3. The zero-order valence-corrected chi connectivity index (χ0v) is 14.9. The fraction of sp³-hybridized carbons (Fsp3) is 0.316. The standard InChI is InChI=1S/C19H20FN5O2/c1-12(25-8-10-26-11-9-25)27-18-17-16(23-19(21)24-18)7-6-15(22-17)13-2-4-14(20)5-3-13/h2-7,12H,8-11H2,1H3,(H2,21,23,24). The molecular weight excluding hydrogens is 349 g/mol. The summed E-state index contributed by atoms with van der Waals surface area (Å²) in [7, 11) is 0. The van der Waals surface area contributed by atoms with E-state index in [1.54, 1.807) is 12.1 Å². The Balaban J connectivity index is 1.70. The molecule has 2 N–H and O–H groups in total. The minimum absolute atomic E-state index is 0.128. The molecule has 0 aliphatic carbocycles. The lowest BCUT2D eigenvalue weighted by atomic mass is 10.1. The molecule has 1 saturated heterocycles. The Morgan fingerprint density at radius 1 is 1.07 bits per heavy atom. The Kier molecular flexibility index (Phi) is 4.83. The fourth-order valence-electron chi connectivity index (χ4n) is 3.05. The van der Waals surface area contributed by atoms with E-state index < -0.39 is 0 Å². The van der Waals surface area contributed by atoms with Gasteiger partial charge in [0.1, 0.15) is 5.82 Å². The Morgan fingerprint density at radius 3 is 2.56 bits per heavy atom. The minimum Gasteiger partial charge on any atom is -0.457 e. The predicted octanol–water partition coefficient (Wildman–Crippen LogP) is 2.47. The number of nitrogens with zero attached hydrogens (tertiary/aromatic N) is 4. The lowest BCUT2D eigenvalue weighted by Gasteiger charge is -2.31. The molecule has 27 heavy (non-hydrogen) atoms. The van der Waals surface area contributed by atoms with Crippen LogP contribution in [0.5, 0.6) is 5.88 Å². The number of rotatable bonds is 4. The number of nitrogen functional groups attached to an aromatic ring is 1. The molecule has 1 unspecified atom stereocenters. The number of benzene rings is 1. The molecule has 0 spiro atoms. The molecule has 3 aromatic rings. The SMILES string of the molecule is CC(Oc1nc(N)nc2ccc(-c3ccc(F)cc3)nc12)N1CCOCC1. The second-order valence-corrected chi connectivity index (χ2v) is 6.32. The van der Waals surface area contributed by atoms with Crippen LogP contribution in [0.3, 0.4) is 0 Å². The lowest BCUT2D eigenvalue weighted by Crippen LogP contribution is -2.44. The molecule has 0 amide bonds. The van der Waals surface area contributed by atoms with Crippen LogP contribution in [-0.4, -0.2) is 52.4 Å². The summed E-state index contributed by atoms with van der Waals surface area (Å²) in [6.07, 6.45) is -0.206. The van der Waals surface area contributed by atoms with Crippen LogP contribution in [-0.2, 0) is 4.74 Å². The zero-order valence-electron chi connectivity index (χ0n) is 14.9. The van der Waals surface area contributed by atoms with Crippen molar-refractivity contribution in [3.05, 3.63) is 42.2 Å². The summed E-state index contributed by atoms with van der Waals surface area (Å²) in [5, 5.41) is 0. The molecule has 0 bridgehead atoms. The average molecular weight is 369 g/mol. The molecule has 3 heterocycles. The second kappa shape index (κ2) is 7.42. The molecule has 0 radical (unpaired) electrons. The molecule has 0 saturated carbocycles. The van der Waals surface area contributed by atoms with Crippen molar-refractivity contribution in [3.8, 4) is 17.1 Å². The quantitative estimate of drug-likeness (QED) is 0.756. The van der Waals surface area contributed by atoms with Gasteiger partial charge in [-0.2, -0.15) is 4.98 Å². The summed E-state index contributed by atoms with van der Waals surface area (Å²) in [4.78, 5) is 15.3. The Labute approximate surface area is 156 Å². The number of ether oxygens (including phenoxy) is 2. The first kappa shape index (κ1) is 17.6. The van der Waals surface area contributed by atoms with Crippen LogP contribution in [0.4, 0.5) is 10.3 Å². The monoisotopic (exact) mass is 369 g/mol. The van der Waals surface area contributed by atoms with Crippen LogP contribution in [0.2, 0.25) is 0 Å². The Hall–Kier alpha value is -2.84. The normalized spacial score (nSPS) is 16.4. The molecule has 7 nitrogen and oxygen atoms in total. The van der Waals surface area contributed by atoms with E-state index in [0.29, 0.717) is 35.8 Å². The molecule has 4 rings (SSSR count). The summed E-state index contributed by atoms with van der Waals surface area (Å²) in [5.74, 6) is 0.169. The molecular formula is C19H20FN5O2. The zero-order chi connectivity index (χ0) is 18.8. The number of anilines is 1. The van der Waals surface area contributed by atoms with E-state index in [4.69, 9.17) is 15.2 Å². The van der Waals surface area contributed by atoms with Gasteiger partial charge in [-0.15, -0.1) is 0 Å². The van der Waals surface area contributed by atoms with Crippen molar-refractivity contribution in [2.75, 3.05) is 32.0 Å². The molecule has 8 heteroatoms. The third-order valence-corrected chi connectivity index (χ3v) is 4.51. The lowest BCUT2D eigenvalue weighted by molar-refractivity contribution is -0.0383. The van der Waals surface area contributed by atoms with Crippen molar-refractivity contribution in [1.29, 1.82) is 0 Å². The van der Waals surface area contributed by atoms with Gasteiger partial charge in [-0.3, -0.25) is 4.90 Å². The molecule has 2 aromatic heterocycles. The van der Waals surface area contributed by atoms with E-state index in [0.717, 1.165) is 18.7 Å².